The molecule has 2 N–H and O–H groups in total. The van der Waals surface area contributed by atoms with Crippen molar-refractivity contribution in [2.45, 2.75) is 39.2 Å². The summed E-state index contributed by atoms with van der Waals surface area (Å²) in [6.45, 7) is 3.96. The summed E-state index contributed by atoms with van der Waals surface area (Å²) in [4.78, 5) is 25.9. The Morgan fingerprint density at radius 1 is 1.28 bits per heavy atom. The molecule has 1 aliphatic rings. The van der Waals surface area contributed by atoms with Crippen LogP contribution in [-0.4, -0.2) is 26.0 Å². The van der Waals surface area contributed by atoms with Crippen LogP contribution in [0.5, 0.6) is 0 Å². The molecule has 29 heavy (non-hydrogen) atoms. The van der Waals surface area contributed by atoms with Gasteiger partial charge in [-0.15, -0.1) is 11.3 Å². The van der Waals surface area contributed by atoms with E-state index in [2.05, 4.69) is 20.3 Å². The molecule has 0 bridgehead atoms. The molecule has 0 aliphatic heterocycles. The second-order valence-electron chi connectivity index (χ2n) is 7.43. The second kappa shape index (κ2) is 7.12. The molecule has 6 nitrogen and oxygen atoms in total. The van der Waals surface area contributed by atoms with Gasteiger partial charge in [0.05, 0.1) is 37.7 Å². The van der Waals surface area contributed by atoms with Crippen LogP contribution in [0.15, 0.2) is 23.8 Å². The summed E-state index contributed by atoms with van der Waals surface area (Å²) in [5.74, 6) is 0.210. The number of hydrogen-bond donors (Lipinski definition) is 2. The molecule has 8 heteroatoms. The third kappa shape index (κ3) is 3.31. The van der Waals surface area contributed by atoms with Crippen molar-refractivity contribution in [1.29, 1.82) is 0 Å². The number of nitrogens with zero attached hydrogens (tertiary/aromatic N) is 3. The van der Waals surface area contributed by atoms with E-state index in [0.717, 1.165) is 50.0 Å². The SMILES string of the molecule is CC[C@@H](O)c1cc(C)c(-c2cc3nc(NC(=O)C4CC4)sc3c3scnc23)cn1. The van der Waals surface area contributed by atoms with E-state index >= 15 is 0 Å². The lowest BCUT2D eigenvalue weighted by molar-refractivity contribution is -0.117. The van der Waals surface area contributed by atoms with Crippen LogP contribution in [0.3, 0.4) is 0 Å². The van der Waals surface area contributed by atoms with Gasteiger partial charge in [0.1, 0.15) is 0 Å². The predicted molar refractivity (Wildman–Crippen MR) is 117 cm³/mol. The molecular weight excluding hydrogens is 404 g/mol. The number of aromatic nitrogens is 3. The van der Waals surface area contributed by atoms with Crippen LogP contribution in [0.1, 0.15) is 43.5 Å². The number of nitrogens with one attached hydrogen (secondary N) is 1. The van der Waals surface area contributed by atoms with Gasteiger partial charge in [-0.2, -0.15) is 0 Å². The average molecular weight is 425 g/mol. The number of rotatable bonds is 5. The summed E-state index contributed by atoms with van der Waals surface area (Å²) in [6, 6.07) is 3.97. The van der Waals surface area contributed by atoms with E-state index in [1.165, 1.54) is 11.3 Å². The van der Waals surface area contributed by atoms with Crippen LogP contribution >= 0.6 is 22.7 Å². The smallest absolute Gasteiger partial charge is 0.229 e. The number of aliphatic hydroxyl groups is 1. The van der Waals surface area contributed by atoms with Crippen LogP contribution < -0.4 is 5.32 Å². The summed E-state index contributed by atoms with van der Waals surface area (Å²) in [6.07, 6.45) is 3.82. The molecule has 3 heterocycles. The van der Waals surface area contributed by atoms with Crippen LogP contribution in [0.4, 0.5) is 5.13 Å². The first-order chi connectivity index (χ1) is 14.0. The van der Waals surface area contributed by atoms with E-state index in [1.54, 1.807) is 11.3 Å². The van der Waals surface area contributed by atoms with Crippen molar-refractivity contribution in [2.24, 2.45) is 5.92 Å². The van der Waals surface area contributed by atoms with Gasteiger partial charge in [0.2, 0.25) is 5.91 Å². The molecule has 0 saturated heterocycles. The first kappa shape index (κ1) is 18.6. The van der Waals surface area contributed by atoms with Gasteiger partial charge in [0.25, 0.3) is 0 Å². The number of aryl methyl sites for hydroxylation is 1. The second-order valence-corrected chi connectivity index (χ2v) is 9.29. The molecule has 0 unspecified atom stereocenters. The van der Waals surface area contributed by atoms with Crippen LogP contribution in [-0.2, 0) is 4.79 Å². The Kier molecular flexibility index (Phi) is 4.57. The number of anilines is 1. The molecule has 4 aromatic rings. The first-order valence-corrected chi connectivity index (χ1v) is 11.4. The van der Waals surface area contributed by atoms with E-state index < -0.39 is 6.10 Å². The standard InChI is InChI=1S/C21H20N4O2S2/c1-3-16(26)14-6-10(2)13(8-22-14)12-7-15-18(19-17(12)23-9-28-19)29-21(24-15)25-20(27)11-4-5-11/h6-9,11,16,26H,3-5H2,1-2H3,(H,24,25,27)/t16-/m1/s1. The van der Waals surface area contributed by atoms with E-state index in [0.29, 0.717) is 17.2 Å². The van der Waals surface area contributed by atoms with E-state index in [-0.39, 0.29) is 11.8 Å². The lowest BCUT2D eigenvalue weighted by Crippen LogP contribution is -2.12. The Labute approximate surface area is 175 Å². The molecule has 148 valence electrons. The fourth-order valence-corrected chi connectivity index (χ4v) is 5.37. The fraction of sp³-hybridized carbons (Fsp3) is 0.333. The molecule has 1 amide bonds. The van der Waals surface area contributed by atoms with Crippen molar-refractivity contribution in [3.63, 3.8) is 0 Å². The number of carbonyl (C=O) groups excluding carboxylic acids is 1. The Balaban J connectivity index is 1.62. The maximum Gasteiger partial charge on any atom is 0.229 e. The van der Waals surface area contributed by atoms with Gasteiger partial charge < -0.3 is 10.4 Å². The minimum Gasteiger partial charge on any atom is -0.387 e. The maximum atomic E-state index is 12.1. The Morgan fingerprint density at radius 2 is 2.10 bits per heavy atom. The number of thiazole rings is 2. The number of pyridine rings is 1. The zero-order chi connectivity index (χ0) is 20.1. The van der Waals surface area contributed by atoms with E-state index in [9.17, 15) is 9.90 Å². The van der Waals surface area contributed by atoms with E-state index in [4.69, 9.17) is 0 Å². The normalized spacial score (nSPS) is 15.1. The highest BCUT2D eigenvalue weighted by atomic mass is 32.1. The van der Waals surface area contributed by atoms with Gasteiger partial charge in [-0.1, -0.05) is 18.3 Å². The highest BCUT2D eigenvalue weighted by Crippen LogP contribution is 2.41. The maximum absolute atomic E-state index is 12.1. The zero-order valence-electron chi connectivity index (χ0n) is 16.1. The Hall–Kier alpha value is -2.42. The summed E-state index contributed by atoms with van der Waals surface area (Å²) in [7, 11) is 0. The molecular formula is C21H20N4O2S2. The topological polar surface area (TPSA) is 88.0 Å². The van der Waals surface area contributed by atoms with Gasteiger partial charge in [0.15, 0.2) is 5.13 Å². The van der Waals surface area contributed by atoms with Gasteiger partial charge in [-0.25, -0.2) is 9.97 Å². The predicted octanol–water partition coefficient (Wildman–Crippen LogP) is 5.07. The number of fused-ring (bicyclic) bond motifs is 3. The number of benzene rings is 1. The average Bonchev–Trinajstić information content (AvgIpc) is 3.31. The van der Waals surface area contributed by atoms with E-state index in [1.807, 2.05) is 37.7 Å². The lowest BCUT2D eigenvalue weighted by Gasteiger charge is -2.12. The first-order valence-electron chi connectivity index (χ1n) is 9.67. The largest absolute Gasteiger partial charge is 0.387 e. The molecule has 1 aliphatic carbocycles. The van der Waals surface area contributed by atoms with Gasteiger partial charge in [-0.05, 0) is 43.9 Å². The van der Waals surface area contributed by atoms with Crippen LogP contribution in [0.25, 0.3) is 31.6 Å². The van der Waals surface area contributed by atoms with Crippen molar-refractivity contribution >= 4 is 54.1 Å². The molecule has 1 fully saturated rings. The van der Waals surface area contributed by atoms with Crippen LogP contribution in [0.2, 0.25) is 0 Å². The highest BCUT2D eigenvalue weighted by molar-refractivity contribution is 7.28. The molecule has 3 aromatic heterocycles. The Bertz CT molecular complexity index is 1240. The van der Waals surface area contributed by atoms with Crippen molar-refractivity contribution < 1.29 is 9.90 Å². The fourth-order valence-electron chi connectivity index (χ4n) is 3.46. The molecule has 1 saturated carbocycles. The number of hydrogen-bond acceptors (Lipinski definition) is 7. The van der Waals surface area contributed by atoms with Gasteiger partial charge in [-0.3, -0.25) is 9.78 Å². The summed E-state index contributed by atoms with van der Waals surface area (Å²) in [5.41, 5.74) is 7.28. The lowest BCUT2D eigenvalue weighted by atomic mass is 9.99. The number of aliphatic hydroxyl groups excluding tert-OH is 1. The minimum atomic E-state index is -0.555. The molecule has 5 rings (SSSR count). The van der Waals surface area contributed by atoms with Crippen LogP contribution in [0, 0.1) is 12.8 Å². The number of amides is 1. The van der Waals surface area contributed by atoms with Crippen molar-refractivity contribution in [1.82, 2.24) is 15.0 Å². The Morgan fingerprint density at radius 3 is 2.83 bits per heavy atom. The summed E-state index contributed by atoms with van der Waals surface area (Å²) >= 11 is 3.08. The monoisotopic (exact) mass is 424 g/mol. The van der Waals surface area contributed by atoms with Crippen molar-refractivity contribution in [2.75, 3.05) is 5.32 Å². The molecule has 1 aromatic carbocycles. The third-order valence-electron chi connectivity index (χ3n) is 5.29. The minimum absolute atomic E-state index is 0.0648. The van der Waals surface area contributed by atoms with Crippen molar-refractivity contribution in [3.05, 3.63) is 35.1 Å². The van der Waals surface area contributed by atoms with Gasteiger partial charge >= 0.3 is 0 Å². The van der Waals surface area contributed by atoms with Crippen molar-refractivity contribution in [3.8, 4) is 11.1 Å². The quantitative estimate of drug-likeness (QED) is 0.467. The zero-order valence-corrected chi connectivity index (χ0v) is 17.7. The molecule has 1 atom stereocenters. The highest BCUT2D eigenvalue weighted by Gasteiger charge is 2.30. The third-order valence-corrected chi connectivity index (χ3v) is 7.27. The number of carbonyl (C=O) groups is 1. The molecule has 0 spiro atoms. The molecule has 0 radical (unpaired) electrons. The van der Waals surface area contributed by atoms with Gasteiger partial charge in [0, 0.05) is 23.2 Å². The summed E-state index contributed by atoms with van der Waals surface area (Å²) < 4.78 is 2.11. The summed E-state index contributed by atoms with van der Waals surface area (Å²) in [5, 5.41) is 13.7.